The molecule has 0 aliphatic rings. The monoisotopic (exact) mass is 258 g/mol. The van der Waals surface area contributed by atoms with E-state index < -0.39 is 0 Å². The minimum Gasteiger partial charge on any atom is -0.392 e. The van der Waals surface area contributed by atoms with Crippen LogP contribution in [0.4, 0.5) is 0 Å². The average molecular weight is 259 g/mol. The summed E-state index contributed by atoms with van der Waals surface area (Å²) >= 11 is 7.43. The van der Waals surface area contributed by atoms with E-state index in [4.69, 9.17) is 11.6 Å². The molecular weight excluding hydrogens is 240 g/mol. The second-order valence-electron chi connectivity index (χ2n) is 3.80. The van der Waals surface area contributed by atoms with Gasteiger partial charge >= 0.3 is 0 Å². The van der Waals surface area contributed by atoms with Crippen molar-refractivity contribution in [2.45, 2.75) is 42.4 Å². The van der Waals surface area contributed by atoms with Crippen molar-refractivity contribution in [1.82, 2.24) is 0 Å². The van der Waals surface area contributed by atoms with Crippen molar-refractivity contribution in [3.05, 3.63) is 30.3 Å². The number of benzene rings is 1. The molecule has 0 radical (unpaired) electrons. The summed E-state index contributed by atoms with van der Waals surface area (Å²) in [6.07, 6.45) is 2.48. The largest absolute Gasteiger partial charge is 0.392 e. The van der Waals surface area contributed by atoms with Crippen LogP contribution < -0.4 is 0 Å². The van der Waals surface area contributed by atoms with E-state index in [9.17, 15) is 5.11 Å². The molecule has 0 unspecified atom stereocenters. The lowest BCUT2D eigenvalue weighted by atomic mass is 10.1. The maximum absolute atomic E-state index is 10.00. The summed E-state index contributed by atoms with van der Waals surface area (Å²) < 4.78 is 0. The van der Waals surface area contributed by atoms with Gasteiger partial charge in [-0.25, -0.2) is 0 Å². The molecule has 0 fully saturated rings. The second kappa shape index (κ2) is 7.99. The highest BCUT2D eigenvalue weighted by molar-refractivity contribution is 8.00. The number of halogens is 1. The summed E-state index contributed by atoms with van der Waals surface area (Å²) in [7, 11) is 0. The smallest absolute Gasteiger partial charge is 0.0673 e. The Hall–Kier alpha value is -0.180. The van der Waals surface area contributed by atoms with Gasteiger partial charge in [0.05, 0.1) is 6.10 Å². The lowest BCUT2D eigenvalue weighted by Crippen LogP contribution is -2.23. The Kier molecular flexibility index (Phi) is 6.93. The van der Waals surface area contributed by atoms with Crippen LogP contribution in [0.15, 0.2) is 35.2 Å². The van der Waals surface area contributed by atoms with Gasteiger partial charge in [-0.05, 0) is 25.0 Å². The molecule has 0 spiro atoms. The molecule has 0 heterocycles. The lowest BCUT2D eigenvalue weighted by Gasteiger charge is -2.21. The van der Waals surface area contributed by atoms with E-state index in [0.717, 1.165) is 12.8 Å². The zero-order chi connectivity index (χ0) is 11.8. The van der Waals surface area contributed by atoms with Crippen molar-refractivity contribution >= 4 is 23.4 Å². The molecule has 1 aromatic carbocycles. The SMILES string of the molecule is CCC[C@@H](Sc1ccccc1)[C@@H](O)CCCl. The molecule has 0 aliphatic carbocycles. The average Bonchev–Trinajstić information content (AvgIpc) is 2.30. The van der Waals surface area contributed by atoms with Gasteiger partial charge in [0.25, 0.3) is 0 Å². The van der Waals surface area contributed by atoms with Crippen LogP contribution in [-0.2, 0) is 0 Å². The van der Waals surface area contributed by atoms with Crippen molar-refractivity contribution in [2.24, 2.45) is 0 Å². The van der Waals surface area contributed by atoms with Crippen molar-refractivity contribution < 1.29 is 5.11 Å². The van der Waals surface area contributed by atoms with E-state index in [2.05, 4.69) is 19.1 Å². The standard InChI is InChI=1S/C13H19ClOS/c1-2-6-13(12(15)9-10-14)16-11-7-4-3-5-8-11/h3-5,7-8,12-13,15H,2,6,9-10H2,1H3/t12-,13+/m0/s1. The van der Waals surface area contributed by atoms with Gasteiger partial charge in [-0.1, -0.05) is 31.5 Å². The Labute approximate surface area is 107 Å². The van der Waals surface area contributed by atoms with Crippen molar-refractivity contribution in [3.63, 3.8) is 0 Å². The van der Waals surface area contributed by atoms with Gasteiger partial charge in [0, 0.05) is 16.0 Å². The molecule has 3 heteroatoms. The molecule has 90 valence electrons. The summed E-state index contributed by atoms with van der Waals surface area (Å²) in [4.78, 5) is 1.22. The molecule has 0 amide bonds. The van der Waals surface area contributed by atoms with Crippen LogP contribution in [-0.4, -0.2) is 22.3 Å². The Bertz CT molecular complexity index is 279. The first-order valence-corrected chi connectivity index (χ1v) is 7.15. The third-order valence-corrected chi connectivity index (χ3v) is 4.05. The van der Waals surface area contributed by atoms with Crippen LogP contribution in [0.5, 0.6) is 0 Å². The number of hydrogen-bond acceptors (Lipinski definition) is 2. The third kappa shape index (κ3) is 4.77. The first-order chi connectivity index (χ1) is 7.77. The Morgan fingerprint density at radius 1 is 1.25 bits per heavy atom. The molecule has 1 N–H and O–H groups in total. The maximum Gasteiger partial charge on any atom is 0.0673 e. The van der Waals surface area contributed by atoms with Gasteiger partial charge in [0.2, 0.25) is 0 Å². The lowest BCUT2D eigenvalue weighted by molar-refractivity contribution is 0.164. The fourth-order valence-corrected chi connectivity index (χ4v) is 3.12. The van der Waals surface area contributed by atoms with Gasteiger partial charge < -0.3 is 5.11 Å². The fraction of sp³-hybridized carbons (Fsp3) is 0.538. The summed E-state index contributed by atoms with van der Waals surface area (Å²) in [6, 6.07) is 10.2. The van der Waals surface area contributed by atoms with Gasteiger partial charge in [-0.2, -0.15) is 0 Å². The van der Waals surface area contributed by atoms with Crippen LogP contribution in [0.2, 0.25) is 0 Å². The molecule has 1 nitrogen and oxygen atoms in total. The quantitative estimate of drug-likeness (QED) is 0.591. The van der Waals surface area contributed by atoms with Crippen molar-refractivity contribution in [2.75, 3.05) is 5.88 Å². The van der Waals surface area contributed by atoms with E-state index in [-0.39, 0.29) is 11.4 Å². The number of thioether (sulfide) groups is 1. The van der Waals surface area contributed by atoms with Crippen LogP contribution in [0, 0.1) is 0 Å². The highest BCUT2D eigenvalue weighted by Gasteiger charge is 2.18. The fourth-order valence-electron chi connectivity index (χ4n) is 1.59. The summed E-state index contributed by atoms with van der Waals surface area (Å²) in [5.41, 5.74) is 0. The Morgan fingerprint density at radius 3 is 2.50 bits per heavy atom. The highest BCUT2D eigenvalue weighted by Crippen LogP contribution is 2.29. The summed E-state index contributed by atoms with van der Waals surface area (Å²) in [5.74, 6) is 0.525. The van der Waals surface area contributed by atoms with E-state index in [0.29, 0.717) is 12.3 Å². The molecule has 1 rings (SSSR count). The minimum atomic E-state index is -0.303. The van der Waals surface area contributed by atoms with Crippen LogP contribution in [0.1, 0.15) is 26.2 Å². The highest BCUT2D eigenvalue weighted by atomic mass is 35.5. The van der Waals surface area contributed by atoms with E-state index >= 15 is 0 Å². The van der Waals surface area contributed by atoms with Crippen molar-refractivity contribution in [3.8, 4) is 0 Å². The number of aliphatic hydroxyl groups is 1. The molecule has 0 bridgehead atoms. The molecule has 0 saturated heterocycles. The molecule has 1 aromatic rings. The van der Waals surface area contributed by atoms with E-state index in [1.807, 2.05) is 18.2 Å². The van der Waals surface area contributed by atoms with Gasteiger partial charge in [0.15, 0.2) is 0 Å². The summed E-state index contributed by atoms with van der Waals surface area (Å²) in [5, 5.41) is 10.3. The Balaban J connectivity index is 2.57. The number of alkyl halides is 1. The van der Waals surface area contributed by atoms with Crippen LogP contribution in [0.25, 0.3) is 0 Å². The minimum absolute atomic E-state index is 0.256. The molecule has 2 atom stereocenters. The topological polar surface area (TPSA) is 20.2 Å². The summed E-state index contributed by atoms with van der Waals surface area (Å²) in [6.45, 7) is 2.14. The molecule has 0 saturated carbocycles. The van der Waals surface area contributed by atoms with E-state index in [1.54, 1.807) is 11.8 Å². The molecule has 0 aliphatic heterocycles. The molecule has 16 heavy (non-hydrogen) atoms. The predicted molar refractivity (Wildman–Crippen MR) is 72.3 cm³/mol. The van der Waals surface area contributed by atoms with Crippen LogP contribution in [0.3, 0.4) is 0 Å². The first kappa shape index (κ1) is 13.9. The van der Waals surface area contributed by atoms with Gasteiger partial charge in [0.1, 0.15) is 0 Å². The van der Waals surface area contributed by atoms with Gasteiger partial charge in [-0.3, -0.25) is 0 Å². The molecule has 0 aromatic heterocycles. The third-order valence-electron chi connectivity index (χ3n) is 2.44. The van der Waals surface area contributed by atoms with Crippen molar-refractivity contribution in [1.29, 1.82) is 0 Å². The zero-order valence-corrected chi connectivity index (χ0v) is 11.2. The Morgan fingerprint density at radius 2 is 1.94 bits per heavy atom. The van der Waals surface area contributed by atoms with E-state index in [1.165, 1.54) is 4.90 Å². The van der Waals surface area contributed by atoms with Crippen LogP contribution >= 0.6 is 23.4 Å². The second-order valence-corrected chi connectivity index (χ2v) is 5.49. The number of rotatable bonds is 7. The molecular formula is C13H19ClOS. The predicted octanol–water partition coefficient (Wildman–Crippen LogP) is 3.94. The first-order valence-electron chi connectivity index (χ1n) is 5.73. The maximum atomic E-state index is 10.00. The normalized spacial score (nSPS) is 14.7. The zero-order valence-electron chi connectivity index (χ0n) is 9.60. The number of aliphatic hydroxyl groups excluding tert-OH is 1. The van der Waals surface area contributed by atoms with Gasteiger partial charge in [-0.15, -0.1) is 23.4 Å². The number of hydrogen-bond donors (Lipinski definition) is 1.